The number of fused-ring (bicyclic) bond motifs is 1. The summed E-state index contributed by atoms with van der Waals surface area (Å²) < 4.78 is 7.54. The second kappa shape index (κ2) is 7.73. The van der Waals surface area contributed by atoms with Crippen molar-refractivity contribution < 1.29 is 4.74 Å². The second-order valence-corrected chi connectivity index (χ2v) is 6.53. The molecule has 28 heavy (non-hydrogen) atoms. The van der Waals surface area contributed by atoms with Crippen LogP contribution in [0.2, 0.25) is 0 Å². The fourth-order valence-corrected chi connectivity index (χ4v) is 3.25. The smallest absolute Gasteiger partial charge is 0.253 e. The van der Waals surface area contributed by atoms with Gasteiger partial charge in [0.25, 0.3) is 5.95 Å². The summed E-state index contributed by atoms with van der Waals surface area (Å²) >= 11 is 0. The van der Waals surface area contributed by atoms with Gasteiger partial charge in [0.2, 0.25) is 0 Å². The summed E-state index contributed by atoms with van der Waals surface area (Å²) in [5.41, 5.74) is 7.82. The molecule has 9 heteroatoms. The van der Waals surface area contributed by atoms with Gasteiger partial charge in [0.1, 0.15) is 5.82 Å². The van der Waals surface area contributed by atoms with E-state index in [4.69, 9.17) is 20.4 Å². The molecule has 4 rings (SSSR count). The Morgan fingerprint density at radius 3 is 2.82 bits per heavy atom. The van der Waals surface area contributed by atoms with E-state index in [1.807, 2.05) is 23.7 Å². The normalized spacial score (nSPS) is 17.9. The predicted octanol–water partition coefficient (Wildman–Crippen LogP) is 1.83. The molecule has 4 heterocycles. The van der Waals surface area contributed by atoms with Crippen LogP contribution in [-0.4, -0.2) is 56.5 Å². The average Bonchev–Trinajstić information content (AvgIpc) is 3.06. The first-order valence-electron chi connectivity index (χ1n) is 9.09. The molecule has 0 bridgehead atoms. The Morgan fingerprint density at radius 2 is 2.07 bits per heavy atom. The maximum atomic E-state index is 5.58. The first kappa shape index (κ1) is 18.1. The SMILES string of the molecule is CC1COCCN1c1nc(/N=C/C=C\N)nc2c1nc(-c1ccncc1)n2C. The number of nitrogens with zero attached hydrogens (tertiary/aromatic N) is 7. The summed E-state index contributed by atoms with van der Waals surface area (Å²) in [4.78, 5) is 24.8. The highest BCUT2D eigenvalue weighted by atomic mass is 16.5. The molecule has 1 unspecified atom stereocenters. The molecule has 0 saturated carbocycles. The second-order valence-electron chi connectivity index (χ2n) is 6.53. The molecule has 3 aromatic rings. The number of ether oxygens (including phenoxy) is 1. The zero-order chi connectivity index (χ0) is 19.5. The molecule has 0 aromatic carbocycles. The number of morpholine rings is 1. The molecule has 1 fully saturated rings. The predicted molar refractivity (Wildman–Crippen MR) is 109 cm³/mol. The highest BCUT2D eigenvalue weighted by molar-refractivity contribution is 5.88. The van der Waals surface area contributed by atoms with Gasteiger partial charge in [0.15, 0.2) is 17.0 Å². The number of imidazole rings is 1. The van der Waals surface area contributed by atoms with Crippen molar-refractivity contribution in [3.05, 3.63) is 36.8 Å². The average molecular weight is 378 g/mol. The number of allylic oxidation sites excluding steroid dienone is 1. The monoisotopic (exact) mass is 378 g/mol. The van der Waals surface area contributed by atoms with E-state index >= 15 is 0 Å². The minimum atomic E-state index is 0.180. The van der Waals surface area contributed by atoms with Crippen LogP contribution in [-0.2, 0) is 11.8 Å². The van der Waals surface area contributed by atoms with Crippen LogP contribution in [0.1, 0.15) is 6.92 Å². The molecule has 1 saturated heterocycles. The van der Waals surface area contributed by atoms with E-state index < -0.39 is 0 Å². The van der Waals surface area contributed by atoms with Crippen molar-refractivity contribution in [2.45, 2.75) is 13.0 Å². The Kier molecular flexibility index (Phi) is 4.98. The zero-order valence-electron chi connectivity index (χ0n) is 15.9. The van der Waals surface area contributed by atoms with Crippen molar-refractivity contribution in [2.75, 3.05) is 24.7 Å². The molecule has 0 radical (unpaired) electrons. The van der Waals surface area contributed by atoms with Gasteiger partial charge in [0, 0.05) is 37.8 Å². The van der Waals surface area contributed by atoms with E-state index in [-0.39, 0.29) is 6.04 Å². The molecule has 0 aliphatic carbocycles. The third-order valence-electron chi connectivity index (χ3n) is 4.65. The fraction of sp³-hybridized carbons (Fsp3) is 0.316. The molecule has 1 aliphatic heterocycles. The molecule has 9 nitrogen and oxygen atoms in total. The lowest BCUT2D eigenvalue weighted by Gasteiger charge is -2.34. The Morgan fingerprint density at radius 1 is 1.25 bits per heavy atom. The first-order valence-corrected chi connectivity index (χ1v) is 9.09. The Bertz CT molecular complexity index is 1030. The minimum absolute atomic E-state index is 0.180. The lowest BCUT2D eigenvalue weighted by molar-refractivity contribution is 0.0987. The van der Waals surface area contributed by atoms with Gasteiger partial charge in [0.05, 0.1) is 19.3 Å². The van der Waals surface area contributed by atoms with Gasteiger partial charge in [-0.2, -0.15) is 9.97 Å². The fourth-order valence-electron chi connectivity index (χ4n) is 3.25. The van der Waals surface area contributed by atoms with E-state index in [0.29, 0.717) is 19.2 Å². The van der Waals surface area contributed by atoms with Crippen molar-refractivity contribution in [3.63, 3.8) is 0 Å². The van der Waals surface area contributed by atoms with E-state index in [0.717, 1.165) is 34.9 Å². The van der Waals surface area contributed by atoms with Crippen LogP contribution in [0.3, 0.4) is 0 Å². The first-order chi connectivity index (χ1) is 13.7. The number of hydrogen-bond acceptors (Lipinski definition) is 8. The van der Waals surface area contributed by atoms with Crippen molar-refractivity contribution in [1.82, 2.24) is 24.5 Å². The zero-order valence-corrected chi connectivity index (χ0v) is 15.9. The van der Waals surface area contributed by atoms with Gasteiger partial charge in [-0.1, -0.05) is 0 Å². The van der Waals surface area contributed by atoms with Crippen LogP contribution in [0.25, 0.3) is 22.6 Å². The number of rotatable bonds is 4. The maximum absolute atomic E-state index is 5.58. The molecule has 0 spiro atoms. The Hall–Kier alpha value is -3.33. The molecule has 1 atom stereocenters. The summed E-state index contributed by atoms with van der Waals surface area (Å²) in [7, 11) is 1.94. The molecule has 0 amide bonds. The lowest BCUT2D eigenvalue weighted by atomic mass is 10.2. The van der Waals surface area contributed by atoms with E-state index in [2.05, 4.69) is 26.8 Å². The summed E-state index contributed by atoms with van der Waals surface area (Å²) in [6.45, 7) is 4.14. The van der Waals surface area contributed by atoms with Gasteiger partial charge < -0.3 is 19.9 Å². The summed E-state index contributed by atoms with van der Waals surface area (Å²) in [5.74, 6) is 1.93. The van der Waals surface area contributed by atoms with E-state index in [9.17, 15) is 0 Å². The van der Waals surface area contributed by atoms with Gasteiger partial charge in [-0.3, -0.25) is 4.98 Å². The van der Waals surface area contributed by atoms with Crippen LogP contribution < -0.4 is 10.6 Å². The summed E-state index contributed by atoms with van der Waals surface area (Å²) in [6.07, 6.45) is 8.13. The van der Waals surface area contributed by atoms with Gasteiger partial charge in [-0.25, -0.2) is 9.98 Å². The highest BCUT2D eigenvalue weighted by Crippen LogP contribution is 2.31. The molecule has 144 valence electrons. The number of aryl methyl sites for hydroxylation is 1. The van der Waals surface area contributed by atoms with E-state index in [1.54, 1.807) is 24.7 Å². The summed E-state index contributed by atoms with van der Waals surface area (Å²) in [6, 6.07) is 4.03. The number of aliphatic imine (C=N–C) groups is 1. The van der Waals surface area contributed by atoms with Crippen LogP contribution in [0.5, 0.6) is 0 Å². The molecule has 3 aromatic heterocycles. The Balaban J connectivity index is 1.91. The van der Waals surface area contributed by atoms with E-state index in [1.165, 1.54) is 6.20 Å². The number of nitrogens with two attached hydrogens (primary N) is 1. The molecule has 2 N–H and O–H groups in total. The van der Waals surface area contributed by atoms with Crippen molar-refractivity contribution in [1.29, 1.82) is 0 Å². The van der Waals surface area contributed by atoms with Crippen molar-refractivity contribution in [2.24, 2.45) is 17.8 Å². The number of aromatic nitrogens is 5. The van der Waals surface area contributed by atoms with Crippen molar-refractivity contribution in [3.8, 4) is 11.4 Å². The molecule has 1 aliphatic rings. The minimum Gasteiger partial charge on any atom is -0.405 e. The number of pyridine rings is 1. The largest absolute Gasteiger partial charge is 0.405 e. The van der Waals surface area contributed by atoms with Gasteiger partial charge in [-0.15, -0.1) is 0 Å². The van der Waals surface area contributed by atoms with Crippen molar-refractivity contribution >= 4 is 29.1 Å². The standard InChI is InChI=1S/C19H22N8O/c1-13-12-28-11-10-27(13)18-15-17(24-19(25-18)22-7-3-6-20)26(2)16(23-15)14-4-8-21-9-5-14/h3-9,13H,10-12,20H2,1-2H3/b6-3-,22-7+. The van der Waals surface area contributed by atoms with Gasteiger partial charge >= 0.3 is 0 Å². The van der Waals surface area contributed by atoms with Crippen LogP contribution in [0.4, 0.5) is 11.8 Å². The highest BCUT2D eigenvalue weighted by Gasteiger charge is 2.26. The topological polar surface area (TPSA) is 107 Å². The van der Waals surface area contributed by atoms with Crippen LogP contribution in [0, 0.1) is 0 Å². The van der Waals surface area contributed by atoms with Gasteiger partial charge in [-0.05, 0) is 31.3 Å². The van der Waals surface area contributed by atoms with Crippen LogP contribution in [0.15, 0.2) is 41.8 Å². The lowest BCUT2D eigenvalue weighted by Crippen LogP contribution is -2.44. The molecular formula is C19H22N8O. The molecular weight excluding hydrogens is 356 g/mol. The quantitative estimate of drug-likeness (QED) is 0.690. The maximum Gasteiger partial charge on any atom is 0.253 e. The summed E-state index contributed by atoms with van der Waals surface area (Å²) in [5, 5.41) is 0. The van der Waals surface area contributed by atoms with Crippen LogP contribution >= 0.6 is 0 Å². The number of anilines is 1. The third-order valence-corrected chi connectivity index (χ3v) is 4.65. The Labute approximate surface area is 162 Å². The third kappa shape index (κ3) is 3.31. The number of hydrogen-bond donors (Lipinski definition) is 1.